The smallest absolute Gasteiger partial charge is 0.160 e. The fourth-order valence-electron chi connectivity index (χ4n) is 3.19. The minimum atomic E-state index is 0.791. The van der Waals surface area contributed by atoms with Crippen LogP contribution in [0.2, 0.25) is 0 Å². The molecular weight excluding hydrogens is 262 g/mol. The minimum Gasteiger partial charge on any atom is -0.493 e. The number of hydrogen-bond donors (Lipinski definition) is 0. The van der Waals surface area contributed by atoms with Crippen LogP contribution in [0.4, 0.5) is 0 Å². The van der Waals surface area contributed by atoms with Crippen LogP contribution in [-0.4, -0.2) is 18.8 Å². The zero-order valence-electron chi connectivity index (χ0n) is 12.9. The normalized spacial score (nSPS) is 13.8. The van der Waals surface area contributed by atoms with Gasteiger partial charge in [-0.2, -0.15) is 0 Å². The van der Waals surface area contributed by atoms with Gasteiger partial charge in [-0.05, 0) is 61.4 Å². The molecule has 1 heterocycles. The molecule has 0 unspecified atom stereocenters. The Balaban J connectivity index is 1.71. The Morgan fingerprint density at radius 2 is 1.81 bits per heavy atom. The second-order valence-electron chi connectivity index (χ2n) is 5.63. The van der Waals surface area contributed by atoms with Crippen molar-refractivity contribution in [2.75, 3.05) is 14.2 Å². The largest absolute Gasteiger partial charge is 0.493 e. The van der Waals surface area contributed by atoms with E-state index in [4.69, 9.17) is 9.47 Å². The van der Waals surface area contributed by atoms with E-state index in [9.17, 15) is 0 Å². The predicted octanol–water partition coefficient (Wildman–Crippen LogP) is 3.63. The van der Waals surface area contributed by atoms with E-state index >= 15 is 0 Å². The van der Waals surface area contributed by atoms with E-state index in [-0.39, 0.29) is 0 Å². The molecule has 0 amide bonds. The molecule has 0 bridgehead atoms. The summed E-state index contributed by atoms with van der Waals surface area (Å²) in [4.78, 5) is 0. The SMILES string of the molecule is COc1ccc(CCn2ccc3c2CCCC3)cc1OC. The Labute approximate surface area is 126 Å². The van der Waals surface area contributed by atoms with Gasteiger partial charge in [-0.3, -0.25) is 0 Å². The van der Waals surface area contributed by atoms with Crippen molar-refractivity contribution in [3.8, 4) is 11.5 Å². The van der Waals surface area contributed by atoms with Crippen LogP contribution in [0.1, 0.15) is 29.7 Å². The molecule has 0 saturated heterocycles. The van der Waals surface area contributed by atoms with Crippen molar-refractivity contribution < 1.29 is 9.47 Å². The number of nitrogens with zero attached hydrogens (tertiary/aromatic N) is 1. The van der Waals surface area contributed by atoms with Crippen molar-refractivity contribution in [1.82, 2.24) is 4.57 Å². The van der Waals surface area contributed by atoms with E-state index in [1.807, 2.05) is 6.07 Å². The molecule has 0 saturated carbocycles. The Kier molecular flexibility index (Phi) is 4.18. The average Bonchev–Trinajstić information content (AvgIpc) is 2.96. The molecule has 0 spiro atoms. The van der Waals surface area contributed by atoms with E-state index in [0.29, 0.717) is 0 Å². The lowest BCUT2D eigenvalue weighted by Gasteiger charge is -2.16. The predicted molar refractivity (Wildman–Crippen MR) is 84.3 cm³/mol. The van der Waals surface area contributed by atoms with Gasteiger partial charge in [0, 0.05) is 18.4 Å². The van der Waals surface area contributed by atoms with Crippen molar-refractivity contribution in [2.45, 2.75) is 38.6 Å². The van der Waals surface area contributed by atoms with Crippen molar-refractivity contribution in [3.63, 3.8) is 0 Å². The van der Waals surface area contributed by atoms with Crippen LogP contribution in [0, 0.1) is 0 Å². The first-order chi connectivity index (χ1) is 10.3. The first-order valence-corrected chi connectivity index (χ1v) is 7.69. The zero-order valence-corrected chi connectivity index (χ0v) is 12.9. The molecule has 3 heteroatoms. The van der Waals surface area contributed by atoms with Crippen LogP contribution >= 0.6 is 0 Å². The molecule has 112 valence electrons. The van der Waals surface area contributed by atoms with Gasteiger partial charge < -0.3 is 14.0 Å². The summed E-state index contributed by atoms with van der Waals surface area (Å²) in [5.74, 6) is 1.60. The molecule has 2 aromatic rings. The number of aromatic nitrogens is 1. The molecule has 0 N–H and O–H groups in total. The zero-order chi connectivity index (χ0) is 14.7. The topological polar surface area (TPSA) is 23.4 Å². The lowest BCUT2D eigenvalue weighted by molar-refractivity contribution is 0.354. The van der Waals surface area contributed by atoms with Gasteiger partial charge in [0.2, 0.25) is 0 Å². The maximum absolute atomic E-state index is 5.37. The van der Waals surface area contributed by atoms with Crippen LogP contribution in [0.3, 0.4) is 0 Å². The van der Waals surface area contributed by atoms with Crippen LogP contribution in [0.5, 0.6) is 11.5 Å². The van der Waals surface area contributed by atoms with E-state index in [1.54, 1.807) is 25.5 Å². The molecule has 3 nitrogen and oxygen atoms in total. The number of benzene rings is 1. The van der Waals surface area contributed by atoms with Crippen LogP contribution < -0.4 is 9.47 Å². The van der Waals surface area contributed by atoms with E-state index < -0.39 is 0 Å². The lowest BCUT2D eigenvalue weighted by atomic mass is 9.98. The summed E-state index contributed by atoms with van der Waals surface area (Å²) >= 11 is 0. The number of rotatable bonds is 5. The molecule has 1 aliphatic rings. The third kappa shape index (κ3) is 2.92. The molecule has 3 rings (SSSR count). The summed E-state index contributed by atoms with van der Waals surface area (Å²) in [6.45, 7) is 1.03. The fraction of sp³-hybridized carbons (Fsp3) is 0.444. The quantitative estimate of drug-likeness (QED) is 0.837. The minimum absolute atomic E-state index is 0.791. The van der Waals surface area contributed by atoms with Crippen LogP contribution in [0.15, 0.2) is 30.5 Å². The summed E-state index contributed by atoms with van der Waals surface area (Å²) in [7, 11) is 3.35. The average molecular weight is 285 g/mol. The number of methoxy groups -OCH3 is 2. The monoisotopic (exact) mass is 285 g/mol. The highest BCUT2D eigenvalue weighted by Gasteiger charge is 2.13. The third-order valence-electron chi connectivity index (χ3n) is 4.37. The van der Waals surface area contributed by atoms with Gasteiger partial charge >= 0.3 is 0 Å². The summed E-state index contributed by atoms with van der Waals surface area (Å²) in [5.41, 5.74) is 4.38. The van der Waals surface area contributed by atoms with Crippen LogP contribution in [-0.2, 0) is 25.8 Å². The highest BCUT2D eigenvalue weighted by atomic mass is 16.5. The van der Waals surface area contributed by atoms with Gasteiger partial charge in [-0.1, -0.05) is 6.07 Å². The molecule has 0 fully saturated rings. The number of ether oxygens (including phenoxy) is 2. The van der Waals surface area contributed by atoms with Gasteiger partial charge in [-0.15, -0.1) is 0 Å². The summed E-state index contributed by atoms with van der Waals surface area (Å²) in [5, 5.41) is 0. The molecule has 1 aromatic heterocycles. The van der Waals surface area contributed by atoms with Gasteiger partial charge in [-0.25, -0.2) is 0 Å². The van der Waals surface area contributed by atoms with Crippen molar-refractivity contribution >= 4 is 0 Å². The van der Waals surface area contributed by atoms with Crippen molar-refractivity contribution in [2.24, 2.45) is 0 Å². The van der Waals surface area contributed by atoms with Gasteiger partial charge in [0.1, 0.15) is 0 Å². The lowest BCUT2D eigenvalue weighted by Crippen LogP contribution is -2.09. The van der Waals surface area contributed by atoms with Gasteiger partial charge in [0.05, 0.1) is 14.2 Å². The molecular formula is C18H23NO2. The summed E-state index contributed by atoms with van der Waals surface area (Å²) in [6.07, 6.45) is 8.41. The fourth-order valence-corrected chi connectivity index (χ4v) is 3.19. The summed E-state index contributed by atoms with van der Waals surface area (Å²) in [6, 6.07) is 8.48. The standard InChI is InChI=1S/C18H23NO2/c1-20-17-8-7-14(13-18(17)21-2)9-11-19-12-10-15-5-3-4-6-16(15)19/h7-8,10,12-13H,3-6,9,11H2,1-2H3. The highest BCUT2D eigenvalue weighted by Crippen LogP contribution is 2.28. The maximum Gasteiger partial charge on any atom is 0.160 e. The third-order valence-corrected chi connectivity index (χ3v) is 4.37. The molecule has 21 heavy (non-hydrogen) atoms. The Hall–Kier alpha value is -1.90. The molecule has 0 aliphatic heterocycles. The Morgan fingerprint density at radius 3 is 2.62 bits per heavy atom. The number of aryl methyl sites for hydroxylation is 3. The molecule has 0 radical (unpaired) electrons. The first-order valence-electron chi connectivity index (χ1n) is 7.69. The Bertz CT molecular complexity index is 616. The van der Waals surface area contributed by atoms with E-state index in [1.165, 1.54) is 31.2 Å². The highest BCUT2D eigenvalue weighted by molar-refractivity contribution is 5.42. The maximum atomic E-state index is 5.37. The summed E-state index contributed by atoms with van der Waals surface area (Å²) < 4.78 is 13.1. The van der Waals surface area contributed by atoms with Crippen molar-refractivity contribution in [3.05, 3.63) is 47.3 Å². The molecule has 0 atom stereocenters. The van der Waals surface area contributed by atoms with E-state index in [2.05, 4.69) is 29.0 Å². The van der Waals surface area contributed by atoms with Crippen molar-refractivity contribution in [1.29, 1.82) is 0 Å². The second-order valence-corrected chi connectivity index (χ2v) is 5.63. The molecule has 1 aromatic carbocycles. The number of hydrogen-bond acceptors (Lipinski definition) is 2. The van der Waals surface area contributed by atoms with Gasteiger partial charge in [0.25, 0.3) is 0 Å². The number of fused-ring (bicyclic) bond motifs is 1. The first kappa shape index (κ1) is 14.1. The van der Waals surface area contributed by atoms with Gasteiger partial charge in [0.15, 0.2) is 11.5 Å². The Morgan fingerprint density at radius 1 is 1.00 bits per heavy atom. The second kappa shape index (κ2) is 6.25. The van der Waals surface area contributed by atoms with E-state index in [0.717, 1.165) is 24.5 Å². The molecule has 1 aliphatic carbocycles. The van der Waals surface area contributed by atoms with Crippen LogP contribution in [0.25, 0.3) is 0 Å².